The third-order valence-corrected chi connectivity index (χ3v) is 1.53. The van der Waals surface area contributed by atoms with Crippen LogP contribution in [0.5, 0.6) is 0 Å². The topological polar surface area (TPSA) is 83.8 Å². The number of Topliss-reactive ketones (excluding diaryl/α,β-unsaturated/α-hetero) is 1. The Hall–Kier alpha value is -0.940. The summed E-state index contributed by atoms with van der Waals surface area (Å²) < 4.78 is 4.31. The summed E-state index contributed by atoms with van der Waals surface area (Å²) in [5, 5.41) is 17.8. The van der Waals surface area contributed by atoms with Crippen molar-refractivity contribution in [1.82, 2.24) is 0 Å². The van der Waals surface area contributed by atoms with Crippen LogP contribution < -0.4 is 0 Å². The quantitative estimate of drug-likeness (QED) is 0.467. The molecular formula is C6H8O5. The van der Waals surface area contributed by atoms with Crippen molar-refractivity contribution in [3.05, 3.63) is 0 Å². The number of rotatable bonds is 2. The molecule has 1 heterocycles. The number of ether oxygens (including phenoxy) is 1. The van der Waals surface area contributed by atoms with Gasteiger partial charge in [0.05, 0.1) is 0 Å². The van der Waals surface area contributed by atoms with Gasteiger partial charge in [-0.15, -0.1) is 0 Å². The fourth-order valence-corrected chi connectivity index (χ4v) is 0.799. The minimum absolute atomic E-state index is 0.526. The standard InChI is InChI=1S/C6H8O5/c1-2(7)3(8)5-4(9)6(10)11-5/h3-5,8-9H,1H3. The zero-order valence-corrected chi connectivity index (χ0v) is 5.85. The van der Waals surface area contributed by atoms with Gasteiger partial charge < -0.3 is 14.9 Å². The summed E-state index contributed by atoms with van der Waals surface area (Å²) in [6, 6.07) is 0. The molecule has 0 aromatic rings. The van der Waals surface area contributed by atoms with Gasteiger partial charge in [-0.3, -0.25) is 4.79 Å². The number of hydrogen-bond acceptors (Lipinski definition) is 5. The third-order valence-electron chi connectivity index (χ3n) is 1.53. The SMILES string of the molecule is CC(=O)C(O)C1OC(=O)C1O. The lowest BCUT2D eigenvalue weighted by atomic mass is 10.0. The Morgan fingerprint density at radius 1 is 1.73 bits per heavy atom. The first-order chi connectivity index (χ1) is 5.04. The van der Waals surface area contributed by atoms with Gasteiger partial charge in [0.15, 0.2) is 24.1 Å². The van der Waals surface area contributed by atoms with E-state index in [4.69, 9.17) is 10.2 Å². The zero-order valence-electron chi connectivity index (χ0n) is 5.85. The van der Waals surface area contributed by atoms with E-state index in [2.05, 4.69) is 4.74 Å². The minimum atomic E-state index is -1.40. The van der Waals surface area contributed by atoms with Gasteiger partial charge in [-0.2, -0.15) is 0 Å². The van der Waals surface area contributed by atoms with Crippen LogP contribution in [0.3, 0.4) is 0 Å². The molecule has 0 bridgehead atoms. The third kappa shape index (κ3) is 1.24. The predicted molar refractivity (Wildman–Crippen MR) is 32.6 cm³/mol. The lowest BCUT2D eigenvalue weighted by Gasteiger charge is -2.33. The van der Waals surface area contributed by atoms with E-state index in [1.54, 1.807) is 0 Å². The van der Waals surface area contributed by atoms with Crippen molar-refractivity contribution in [2.75, 3.05) is 0 Å². The Labute approximate surface area is 62.6 Å². The summed E-state index contributed by atoms with van der Waals surface area (Å²) in [6.07, 6.45) is -3.82. The highest BCUT2D eigenvalue weighted by molar-refractivity contribution is 5.87. The van der Waals surface area contributed by atoms with Crippen LogP contribution in [0.15, 0.2) is 0 Å². The number of ketones is 1. The van der Waals surface area contributed by atoms with Crippen molar-refractivity contribution in [2.24, 2.45) is 0 Å². The van der Waals surface area contributed by atoms with E-state index in [1.807, 2.05) is 0 Å². The van der Waals surface area contributed by atoms with E-state index < -0.39 is 30.1 Å². The normalized spacial score (nSPS) is 32.1. The highest BCUT2D eigenvalue weighted by atomic mass is 16.6. The first-order valence-electron chi connectivity index (χ1n) is 3.11. The first-order valence-corrected chi connectivity index (χ1v) is 3.11. The monoisotopic (exact) mass is 160 g/mol. The van der Waals surface area contributed by atoms with Gasteiger partial charge in [0.2, 0.25) is 0 Å². The van der Waals surface area contributed by atoms with Gasteiger partial charge in [0.1, 0.15) is 0 Å². The average molecular weight is 160 g/mol. The molecule has 0 amide bonds. The molecule has 0 saturated carbocycles. The van der Waals surface area contributed by atoms with Crippen LogP contribution >= 0.6 is 0 Å². The van der Waals surface area contributed by atoms with Gasteiger partial charge in [-0.05, 0) is 6.92 Å². The Morgan fingerprint density at radius 2 is 2.27 bits per heavy atom. The molecule has 3 unspecified atom stereocenters. The maximum Gasteiger partial charge on any atom is 0.339 e. The zero-order chi connectivity index (χ0) is 8.59. The predicted octanol–water partition coefficient (Wildman–Crippen LogP) is -1.78. The largest absolute Gasteiger partial charge is 0.454 e. The molecule has 5 nitrogen and oxygen atoms in total. The maximum atomic E-state index is 10.5. The molecule has 0 spiro atoms. The molecule has 0 aromatic heterocycles. The van der Waals surface area contributed by atoms with E-state index in [-0.39, 0.29) is 0 Å². The molecule has 5 heteroatoms. The number of hydrogen-bond donors (Lipinski definition) is 2. The van der Waals surface area contributed by atoms with Crippen molar-refractivity contribution < 1.29 is 24.5 Å². The summed E-state index contributed by atoms with van der Waals surface area (Å²) in [6.45, 7) is 1.16. The van der Waals surface area contributed by atoms with E-state index in [0.717, 1.165) is 6.92 Å². The summed E-state index contributed by atoms with van der Waals surface area (Å²) in [5.41, 5.74) is 0. The van der Waals surface area contributed by atoms with Crippen LogP contribution in [-0.4, -0.2) is 40.3 Å². The number of esters is 1. The molecule has 0 radical (unpaired) electrons. The molecule has 11 heavy (non-hydrogen) atoms. The van der Waals surface area contributed by atoms with Gasteiger partial charge >= 0.3 is 5.97 Å². The number of carbonyl (C=O) groups is 2. The molecule has 1 saturated heterocycles. The van der Waals surface area contributed by atoms with Crippen LogP contribution in [0.4, 0.5) is 0 Å². The number of carbonyl (C=O) groups excluding carboxylic acids is 2. The van der Waals surface area contributed by atoms with Crippen molar-refractivity contribution in [1.29, 1.82) is 0 Å². The number of cyclic esters (lactones) is 1. The number of aliphatic hydroxyl groups excluding tert-OH is 2. The van der Waals surface area contributed by atoms with Gasteiger partial charge in [0, 0.05) is 0 Å². The van der Waals surface area contributed by atoms with Gasteiger partial charge in [-0.25, -0.2) is 4.79 Å². The second-order valence-corrected chi connectivity index (χ2v) is 2.40. The number of aliphatic hydroxyl groups is 2. The molecule has 2 N–H and O–H groups in total. The van der Waals surface area contributed by atoms with Crippen LogP contribution in [0, 0.1) is 0 Å². The minimum Gasteiger partial charge on any atom is -0.454 e. The van der Waals surface area contributed by atoms with E-state index in [1.165, 1.54) is 0 Å². The molecular weight excluding hydrogens is 152 g/mol. The summed E-state index contributed by atoms with van der Waals surface area (Å²) >= 11 is 0. The molecule has 0 aromatic carbocycles. The van der Waals surface area contributed by atoms with Crippen LogP contribution in [-0.2, 0) is 14.3 Å². The molecule has 1 aliphatic heterocycles. The smallest absolute Gasteiger partial charge is 0.339 e. The highest BCUT2D eigenvalue weighted by Gasteiger charge is 2.47. The molecule has 62 valence electrons. The summed E-state index contributed by atoms with van der Waals surface area (Å²) in [4.78, 5) is 20.8. The van der Waals surface area contributed by atoms with Crippen LogP contribution in [0.2, 0.25) is 0 Å². The fourth-order valence-electron chi connectivity index (χ4n) is 0.799. The molecule has 1 rings (SSSR count). The Bertz CT molecular complexity index is 199. The van der Waals surface area contributed by atoms with E-state index in [9.17, 15) is 9.59 Å². The molecule has 1 fully saturated rings. The van der Waals surface area contributed by atoms with E-state index >= 15 is 0 Å². The molecule has 0 aliphatic carbocycles. The van der Waals surface area contributed by atoms with Crippen LogP contribution in [0.1, 0.15) is 6.92 Å². The van der Waals surface area contributed by atoms with Crippen molar-refractivity contribution in [3.8, 4) is 0 Å². The molecule has 1 aliphatic rings. The Balaban J connectivity index is 2.52. The van der Waals surface area contributed by atoms with Crippen molar-refractivity contribution in [2.45, 2.75) is 25.2 Å². The lowest BCUT2D eigenvalue weighted by molar-refractivity contribution is -0.211. The Morgan fingerprint density at radius 3 is 2.55 bits per heavy atom. The summed E-state index contributed by atoms with van der Waals surface area (Å²) in [7, 11) is 0. The second kappa shape index (κ2) is 2.60. The maximum absolute atomic E-state index is 10.5. The van der Waals surface area contributed by atoms with Crippen LogP contribution in [0.25, 0.3) is 0 Å². The first kappa shape index (κ1) is 8.16. The molecule has 3 atom stereocenters. The van der Waals surface area contributed by atoms with Gasteiger partial charge in [0.25, 0.3) is 0 Å². The highest BCUT2D eigenvalue weighted by Crippen LogP contribution is 2.18. The lowest BCUT2D eigenvalue weighted by Crippen LogP contribution is -2.57. The van der Waals surface area contributed by atoms with Crippen molar-refractivity contribution >= 4 is 11.8 Å². The Kier molecular flexibility index (Phi) is 1.92. The van der Waals surface area contributed by atoms with E-state index in [0.29, 0.717) is 0 Å². The fraction of sp³-hybridized carbons (Fsp3) is 0.667. The van der Waals surface area contributed by atoms with Crippen molar-refractivity contribution in [3.63, 3.8) is 0 Å². The van der Waals surface area contributed by atoms with Gasteiger partial charge in [-0.1, -0.05) is 0 Å². The second-order valence-electron chi connectivity index (χ2n) is 2.40. The summed E-state index contributed by atoms with van der Waals surface area (Å²) in [5.74, 6) is -1.32. The average Bonchev–Trinajstić information content (AvgIpc) is 1.98.